The van der Waals surface area contributed by atoms with Crippen molar-refractivity contribution < 1.29 is 18.3 Å². The molecule has 6 nitrogen and oxygen atoms in total. The molecule has 0 saturated carbocycles. The van der Waals surface area contributed by atoms with E-state index in [1.165, 1.54) is 0 Å². The summed E-state index contributed by atoms with van der Waals surface area (Å²) in [5.41, 5.74) is 0.756. The van der Waals surface area contributed by atoms with Crippen LogP contribution in [0.4, 0.5) is 0 Å². The molecule has 1 aromatic rings. The van der Waals surface area contributed by atoms with Gasteiger partial charge in [0.2, 0.25) is 0 Å². The molecule has 0 amide bonds. The van der Waals surface area contributed by atoms with E-state index in [9.17, 15) is 13.2 Å². The Hall–Kier alpha value is -1.44. The third-order valence-corrected chi connectivity index (χ3v) is 3.70. The lowest BCUT2D eigenvalue weighted by Crippen LogP contribution is -2.48. The Morgan fingerprint density at radius 3 is 2.35 bits per heavy atom. The van der Waals surface area contributed by atoms with Gasteiger partial charge in [-0.15, -0.1) is 0 Å². The molecule has 1 atom stereocenters. The molecule has 0 radical (unpaired) electrons. The summed E-state index contributed by atoms with van der Waals surface area (Å²) in [6.45, 7) is 3.98. The first kappa shape index (κ1) is 16.6. The molecule has 20 heavy (non-hydrogen) atoms. The van der Waals surface area contributed by atoms with Gasteiger partial charge in [0.05, 0.1) is 0 Å². The molecule has 0 aromatic heterocycles. The quantitative estimate of drug-likeness (QED) is 0.660. The first-order chi connectivity index (χ1) is 9.30. The SMILES string of the molecule is CC(C)CNS(=O)(=O)N[C@H](Cc1ccccc1)C(=O)O. The summed E-state index contributed by atoms with van der Waals surface area (Å²) in [6.07, 6.45) is 0.0960. The first-order valence-electron chi connectivity index (χ1n) is 6.34. The molecule has 0 fully saturated rings. The van der Waals surface area contributed by atoms with Gasteiger partial charge in [0, 0.05) is 6.54 Å². The largest absolute Gasteiger partial charge is 0.480 e. The van der Waals surface area contributed by atoms with Crippen molar-refractivity contribution in [3.05, 3.63) is 35.9 Å². The normalized spacial score (nSPS) is 13.3. The van der Waals surface area contributed by atoms with Gasteiger partial charge >= 0.3 is 5.97 Å². The minimum absolute atomic E-state index is 0.0960. The van der Waals surface area contributed by atoms with E-state index in [2.05, 4.69) is 9.44 Å². The predicted molar refractivity (Wildman–Crippen MR) is 76.5 cm³/mol. The van der Waals surface area contributed by atoms with Crippen molar-refractivity contribution in [2.45, 2.75) is 26.3 Å². The van der Waals surface area contributed by atoms with E-state index in [-0.39, 0.29) is 18.9 Å². The Balaban J connectivity index is 2.70. The van der Waals surface area contributed by atoms with Crippen LogP contribution in [-0.2, 0) is 21.4 Å². The topological polar surface area (TPSA) is 95.5 Å². The van der Waals surface area contributed by atoms with Crippen molar-refractivity contribution in [2.24, 2.45) is 5.92 Å². The van der Waals surface area contributed by atoms with Gasteiger partial charge in [0.1, 0.15) is 6.04 Å². The summed E-state index contributed by atoms with van der Waals surface area (Å²) >= 11 is 0. The molecule has 0 unspecified atom stereocenters. The van der Waals surface area contributed by atoms with Gasteiger partial charge in [-0.1, -0.05) is 44.2 Å². The number of hydrogen-bond acceptors (Lipinski definition) is 3. The molecule has 0 aliphatic rings. The molecular formula is C13H20N2O4S. The number of nitrogens with one attached hydrogen (secondary N) is 2. The van der Waals surface area contributed by atoms with Crippen molar-refractivity contribution >= 4 is 16.2 Å². The number of aliphatic carboxylic acids is 1. The van der Waals surface area contributed by atoms with Gasteiger partial charge in [-0.3, -0.25) is 4.79 Å². The number of carbonyl (C=O) groups is 1. The van der Waals surface area contributed by atoms with E-state index in [0.29, 0.717) is 0 Å². The summed E-state index contributed by atoms with van der Waals surface area (Å²) in [4.78, 5) is 11.2. The molecule has 3 N–H and O–H groups in total. The van der Waals surface area contributed by atoms with E-state index >= 15 is 0 Å². The van der Waals surface area contributed by atoms with Crippen LogP contribution in [0.1, 0.15) is 19.4 Å². The lowest BCUT2D eigenvalue weighted by atomic mass is 10.1. The summed E-state index contributed by atoms with van der Waals surface area (Å²) in [5.74, 6) is -1.06. The first-order valence-corrected chi connectivity index (χ1v) is 7.82. The van der Waals surface area contributed by atoms with Crippen LogP contribution in [0, 0.1) is 5.92 Å². The summed E-state index contributed by atoms with van der Waals surface area (Å²) < 4.78 is 28.0. The van der Waals surface area contributed by atoms with Gasteiger partial charge in [-0.25, -0.2) is 4.72 Å². The fraction of sp³-hybridized carbons (Fsp3) is 0.462. The van der Waals surface area contributed by atoms with Crippen LogP contribution in [0.25, 0.3) is 0 Å². The molecule has 0 aliphatic carbocycles. The van der Waals surface area contributed by atoms with E-state index in [0.717, 1.165) is 5.56 Å². The molecule has 7 heteroatoms. The monoisotopic (exact) mass is 300 g/mol. The molecule has 1 rings (SSSR count). The third-order valence-electron chi connectivity index (χ3n) is 2.56. The molecular weight excluding hydrogens is 280 g/mol. The van der Waals surface area contributed by atoms with Crippen LogP contribution in [0.5, 0.6) is 0 Å². The lowest BCUT2D eigenvalue weighted by Gasteiger charge is -2.16. The van der Waals surface area contributed by atoms with E-state index in [1.54, 1.807) is 24.3 Å². The molecule has 0 saturated heterocycles. The minimum Gasteiger partial charge on any atom is -0.480 e. The maximum absolute atomic E-state index is 11.8. The molecule has 0 bridgehead atoms. The number of benzene rings is 1. The highest BCUT2D eigenvalue weighted by Crippen LogP contribution is 2.04. The van der Waals surface area contributed by atoms with Crippen molar-refractivity contribution in [1.29, 1.82) is 0 Å². The second kappa shape index (κ2) is 7.37. The van der Waals surface area contributed by atoms with Gasteiger partial charge < -0.3 is 5.11 Å². The highest BCUT2D eigenvalue weighted by Gasteiger charge is 2.24. The Labute approximate surface area is 119 Å². The van der Waals surface area contributed by atoms with Crippen molar-refractivity contribution in [3.63, 3.8) is 0 Å². The number of rotatable bonds is 8. The molecule has 0 aliphatic heterocycles. The van der Waals surface area contributed by atoms with Crippen molar-refractivity contribution in [1.82, 2.24) is 9.44 Å². The number of carboxylic acid groups (broad SMARTS) is 1. The highest BCUT2D eigenvalue weighted by molar-refractivity contribution is 7.87. The van der Waals surface area contributed by atoms with E-state index in [4.69, 9.17) is 5.11 Å². The highest BCUT2D eigenvalue weighted by atomic mass is 32.2. The van der Waals surface area contributed by atoms with Crippen LogP contribution in [0.15, 0.2) is 30.3 Å². The van der Waals surface area contributed by atoms with Crippen LogP contribution in [-0.4, -0.2) is 32.1 Å². The van der Waals surface area contributed by atoms with E-state index in [1.807, 2.05) is 19.9 Å². The van der Waals surface area contributed by atoms with Gasteiger partial charge in [0.25, 0.3) is 10.2 Å². The fourth-order valence-electron chi connectivity index (χ4n) is 1.53. The van der Waals surface area contributed by atoms with Gasteiger partial charge in [-0.05, 0) is 17.9 Å². The predicted octanol–water partition coefficient (Wildman–Crippen LogP) is 0.762. The zero-order valence-electron chi connectivity index (χ0n) is 11.5. The maximum Gasteiger partial charge on any atom is 0.322 e. The zero-order valence-corrected chi connectivity index (χ0v) is 12.4. The second-order valence-electron chi connectivity index (χ2n) is 4.94. The lowest BCUT2D eigenvalue weighted by molar-refractivity contribution is -0.138. The van der Waals surface area contributed by atoms with Crippen LogP contribution in [0.2, 0.25) is 0 Å². The average Bonchev–Trinajstić information content (AvgIpc) is 2.37. The Morgan fingerprint density at radius 2 is 1.85 bits per heavy atom. The molecule has 1 aromatic carbocycles. The van der Waals surface area contributed by atoms with Gasteiger partial charge in [0.15, 0.2) is 0 Å². The van der Waals surface area contributed by atoms with Crippen molar-refractivity contribution in [2.75, 3.05) is 6.54 Å². The Morgan fingerprint density at radius 1 is 1.25 bits per heavy atom. The van der Waals surface area contributed by atoms with Crippen molar-refractivity contribution in [3.8, 4) is 0 Å². The summed E-state index contributed by atoms with van der Waals surface area (Å²) in [6, 6.07) is 7.69. The number of hydrogen-bond donors (Lipinski definition) is 3. The third kappa shape index (κ3) is 6.14. The standard InChI is InChI=1S/C13H20N2O4S/c1-10(2)9-14-20(18,19)15-12(13(16)17)8-11-6-4-3-5-7-11/h3-7,10,12,14-15H,8-9H2,1-2H3,(H,16,17)/t12-/m1/s1. The van der Waals surface area contributed by atoms with Gasteiger partial charge in [-0.2, -0.15) is 13.1 Å². The second-order valence-corrected chi connectivity index (χ2v) is 6.48. The Bertz CT molecular complexity index is 529. The summed E-state index contributed by atoms with van der Waals surface area (Å²) in [7, 11) is -3.82. The molecule has 112 valence electrons. The fourth-order valence-corrected chi connectivity index (χ4v) is 2.73. The molecule has 0 heterocycles. The zero-order chi connectivity index (χ0) is 15.2. The summed E-state index contributed by atoms with van der Waals surface area (Å²) in [5, 5.41) is 9.12. The van der Waals surface area contributed by atoms with Crippen LogP contribution < -0.4 is 9.44 Å². The van der Waals surface area contributed by atoms with Crippen LogP contribution in [0.3, 0.4) is 0 Å². The molecule has 0 spiro atoms. The number of carboxylic acids is 1. The Kier molecular flexibility index (Phi) is 6.12. The average molecular weight is 300 g/mol. The van der Waals surface area contributed by atoms with E-state index < -0.39 is 22.2 Å². The van der Waals surface area contributed by atoms with Crippen LogP contribution >= 0.6 is 0 Å². The smallest absolute Gasteiger partial charge is 0.322 e. The maximum atomic E-state index is 11.8. The minimum atomic E-state index is -3.82.